The normalized spacial score (nSPS) is 11.9. The molecule has 0 N–H and O–H groups in total. The molecule has 0 saturated carbocycles. The van der Waals surface area contributed by atoms with Gasteiger partial charge < -0.3 is 4.74 Å². The molecule has 0 saturated heterocycles. The van der Waals surface area contributed by atoms with Crippen LogP contribution in [0.15, 0.2) is 54.6 Å². The van der Waals surface area contributed by atoms with Crippen LogP contribution >= 0.6 is 11.6 Å². The van der Waals surface area contributed by atoms with Crippen LogP contribution in [-0.2, 0) is 4.79 Å². The molecule has 0 spiro atoms. The van der Waals surface area contributed by atoms with Gasteiger partial charge in [0.05, 0.1) is 7.11 Å². The molecule has 19 heavy (non-hydrogen) atoms. The molecule has 0 aliphatic heterocycles. The minimum absolute atomic E-state index is 0.0166. The molecule has 1 unspecified atom stereocenters. The first-order valence-electron chi connectivity index (χ1n) is 6.08. The van der Waals surface area contributed by atoms with Gasteiger partial charge in [-0.15, -0.1) is 0 Å². The van der Waals surface area contributed by atoms with Gasteiger partial charge >= 0.3 is 0 Å². The SMILES string of the molecule is COc1ccc(C(CC(=O)Cl)c2ccccc2)cc1. The van der Waals surface area contributed by atoms with Crippen LogP contribution in [0.2, 0.25) is 0 Å². The Hall–Kier alpha value is -1.80. The van der Waals surface area contributed by atoms with Crippen molar-refractivity contribution in [3.63, 3.8) is 0 Å². The summed E-state index contributed by atoms with van der Waals surface area (Å²) in [6.45, 7) is 0. The van der Waals surface area contributed by atoms with Crippen molar-refractivity contribution in [1.29, 1.82) is 0 Å². The summed E-state index contributed by atoms with van der Waals surface area (Å²) < 4.78 is 5.14. The largest absolute Gasteiger partial charge is 0.497 e. The monoisotopic (exact) mass is 274 g/mol. The van der Waals surface area contributed by atoms with E-state index in [1.54, 1.807) is 7.11 Å². The van der Waals surface area contributed by atoms with Crippen molar-refractivity contribution in [3.8, 4) is 5.75 Å². The van der Waals surface area contributed by atoms with Gasteiger partial charge in [-0.25, -0.2) is 0 Å². The second-order valence-corrected chi connectivity index (χ2v) is 4.72. The fourth-order valence-corrected chi connectivity index (χ4v) is 2.26. The summed E-state index contributed by atoms with van der Waals surface area (Å²) in [7, 11) is 1.63. The first-order valence-corrected chi connectivity index (χ1v) is 6.45. The van der Waals surface area contributed by atoms with E-state index in [4.69, 9.17) is 16.3 Å². The van der Waals surface area contributed by atoms with Crippen LogP contribution in [0.1, 0.15) is 23.5 Å². The lowest BCUT2D eigenvalue weighted by Crippen LogP contribution is -2.05. The fraction of sp³-hybridized carbons (Fsp3) is 0.188. The Morgan fingerprint density at radius 2 is 1.63 bits per heavy atom. The summed E-state index contributed by atoms with van der Waals surface area (Å²) in [4.78, 5) is 11.3. The fourth-order valence-electron chi connectivity index (χ4n) is 2.11. The van der Waals surface area contributed by atoms with Gasteiger partial charge in [-0.1, -0.05) is 42.5 Å². The van der Waals surface area contributed by atoms with Gasteiger partial charge in [0.25, 0.3) is 0 Å². The molecule has 98 valence electrons. The number of benzene rings is 2. The Labute approximate surface area is 118 Å². The van der Waals surface area contributed by atoms with Crippen molar-refractivity contribution in [1.82, 2.24) is 0 Å². The number of methoxy groups -OCH3 is 1. The quantitative estimate of drug-likeness (QED) is 0.771. The highest BCUT2D eigenvalue weighted by atomic mass is 35.5. The maximum Gasteiger partial charge on any atom is 0.222 e. The average Bonchev–Trinajstić information content (AvgIpc) is 2.46. The molecule has 2 aromatic carbocycles. The van der Waals surface area contributed by atoms with Crippen LogP contribution in [-0.4, -0.2) is 12.4 Å². The Morgan fingerprint density at radius 3 is 2.16 bits per heavy atom. The first kappa shape index (κ1) is 13.6. The average molecular weight is 275 g/mol. The molecule has 2 aromatic rings. The van der Waals surface area contributed by atoms with E-state index in [1.807, 2.05) is 54.6 Å². The number of halogens is 1. The van der Waals surface area contributed by atoms with Gasteiger partial charge in [0.15, 0.2) is 0 Å². The smallest absolute Gasteiger partial charge is 0.222 e. The van der Waals surface area contributed by atoms with E-state index in [1.165, 1.54) is 0 Å². The van der Waals surface area contributed by atoms with Gasteiger partial charge in [-0.05, 0) is 34.9 Å². The Bertz CT molecular complexity index is 534. The first-order chi connectivity index (χ1) is 9.20. The van der Waals surface area contributed by atoms with Crippen LogP contribution in [0.5, 0.6) is 5.75 Å². The van der Waals surface area contributed by atoms with Crippen LogP contribution < -0.4 is 4.74 Å². The molecule has 0 aliphatic carbocycles. The molecule has 0 radical (unpaired) electrons. The maximum absolute atomic E-state index is 11.3. The summed E-state index contributed by atoms with van der Waals surface area (Å²) in [5, 5.41) is -0.329. The lowest BCUT2D eigenvalue weighted by atomic mass is 9.89. The van der Waals surface area contributed by atoms with E-state index in [0.29, 0.717) is 0 Å². The number of carbonyl (C=O) groups is 1. The van der Waals surface area contributed by atoms with Crippen molar-refractivity contribution in [3.05, 3.63) is 65.7 Å². The number of carbonyl (C=O) groups excluding carboxylic acids is 1. The van der Waals surface area contributed by atoms with Crippen LogP contribution in [0.4, 0.5) is 0 Å². The van der Waals surface area contributed by atoms with Crippen LogP contribution in [0.3, 0.4) is 0 Å². The third-order valence-electron chi connectivity index (χ3n) is 3.08. The van der Waals surface area contributed by atoms with Crippen LogP contribution in [0.25, 0.3) is 0 Å². The molecule has 0 amide bonds. The minimum atomic E-state index is -0.329. The molecule has 3 heteroatoms. The minimum Gasteiger partial charge on any atom is -0.497 e. The van der Waals surface area contributed by atoms with E-state index in [2.05, 4.69) is 0 Å². The third kappa shape index (κ3) is 3.58. The predicted octanol–water partition coefficient (Wildman–Crippen LogP) is 3.98. The van der Waals surface area contributed by atoms with Crippen molar-refractivity contribution in [2.45, 2.75) is 12.3 Å². The predicted molar refractivity (Wildman–Crippen MR) is 76.8 cm³/mol. The summed E-state index contributed by atoms with van der Waals surface area (Å²) in [5.41, 5.74) is 2.14. The summed E-state index contributed by atoms with van der Waals surface area (Å²) in [6, 6.07) is 17.6. The Balaban J connectivity index is 2.34. The number of rotatable bonds is 5. The van der Waals surface area contributed by atoms with E-state index < -0.39 is 0 Å². The second kappa shape index (κ2) is 6.39. The molecule has 2 rings (SSSR count). The highest BCUT2D eigenvalue weighted by Gasteiger charge is 2.17. The molecule has 0 aromatic heterocycles. The Morgan fingerprint density at radius 1 is 1.05 bits per heavy atom. The standard InChI is InChI=1S/C16H15ClO2/c1-19-14-9-7-13(8-10-14)15(11-16(17)18)12-5-3-2-4-6-12/h2-10,15H,11H2,1H3. The van der Waals surface area contributed by atoms with Crippen molar-refractivity contribution < 1.29 is 9.53 Å². The summed E-state index contributed by atoms with van der Waals surface area (Å²) in [5.74, 6) is 0.782. The van der Waals surface area contributed by atoms with Gasteiger partial charge in [0.2, 0.25) is 5.24 Å². The number of hydrogen-bond acceptors (Lipinski definition) is 2. The van der Waals surface area contributed by atoms with Crippen molar-refractivity contribution in [2.75, 3.05) is 7.11 Å². The van der Waals surface area contributed by atoms with E-state index >= 15 is 0 Å². The highest BCUT2D eigenvalue weighted by molar-refractivity contribution is 6.63. The van der Waals surface area contributed by atoms with Gasteiger partial charge in [0.1, 0.15) is 5.75 Å². The zero-order valence-electron chi connectivity index (χ0n) is 10.7. The second-order valence-electron chi connectivity index (χ2n) is 4.30. The molecule has 0 aliphatic rings. The number of ether oxygens (including phenoxy) is 1. The van der Waals surface area contributed by atoms with Gasteiger partial charge in [-0.2, -0.15) is 0 Å². The van der Waals surface area contributed by atoms with Crippen LogP contribution in [0, 0.1) is 0 Å². The van der Waals surface area contributed by atoms with E-state index in [-0.39, 0.29) is 17.6 Å². The molecule has 0 fully saturated rings. The highest BCUT2D eigenvalue weighted by Crippen LogP contribution is 2.29. The molecule has 0 heterocycles. The van der Waals surface area contributed by atoms with E-state index in [9.17, 15) is 4.79 Å². The van der Waals surface area contributed by atoms with Gasteiger partial charge in [-0.3, -0.25) is 4.79 Å². The maximum atomic E-state index is 11.3. The number of hydrogen-bond donors (Lipinski definition) is 0. The Kier molecular flexibility index (Phi) is 4.58. The van der Waals surface area contributed by atoms with Crippen molar-refractivity contribution >= 4 is 16.8 Å². The van der Waals surface area contributed by atoms with Crippen molar-refractivity contribution in [2.24, 2.45) is 0 Å². The topological polar surface area (TPSA) is 26.3 Å². The zero-order valence-corrected chi connectivity index (χ0v) is 11.4. The summed E-state index contributed by atoms with van der Waals surface area (Å²) in [6.07, 6.45) is 0.290. The lowest BCUT2D eigenvalue weighted by molar-refractivity contribution is -0.111. The van der Waals surface area contributed by atoms with E-state index in [0.717, 1.165) is 16.9 Å². The molecule has 0 bridgehead atoms. The molecule has 2 nitrogen and oxygen atoms in total. The van der Waals surface area contributed by atoms with Gasteiger partial charge in [0, 0.05) is 12.3 Å². The molecular weight excluding hydrogens is 260 g/mol. The molecular formula is C16H15ClO2. The lowest BCUT2D eigenvalue weighted by Gasteiger charge is -2.16. The summed E-state index contributed by atoms with van der Waals surface area (Å²) >= 11 is 5.57. The molecule has 1 atom stereocenters. The zero-order chi connectivity index (χ0) is 13.7. The third-order valence-corrected chi connectivity index (χ3v) is 3.24.